The quantitative estimate of drug-likeness (QED) is 0.707. The van der Waals surface area contributed by atoms with Gasteiger partial charge in [-0.1, -0.05) is 18.2 Å². The molecule has 2 aromatic carbocycles. The van der Waals surface area contributed by atoms with Crippen LogP contribution in [0.2, 0.25) is 0 Å². The summed E-state index contributed by atoms with van der Waals surface area (Å²) < 4.78 is 13.3. The third-order valence-electron chi connectivity index (χ3n) is 4.49. The van der Waals surface area contributed by atoms with Gasteiger partial charge in [0.2, 0.25) is 0 Å². The van der Waals surface area contributed by atoms with Crippen molar-refractivity contribution in [3.63, 3.8) is 0 Å². The Bertz CT molecular complexity index is 911. The molecule has 2 heterocycles. The van der Waals surface area contributed by atoms with Crippen molar-refractivity contribution in [2.24, 2.45) is 0 Å². The largest absolute Gasteiger partial charge is 0.486 e. The molecule has 0 saturated carbocycles. The smallest absolute Gasteiger partial charge is 0.261 e. The van der Waals surface area contributed by atoms with Crippen molar-refractivity contribution in [1.29, 1.82) is 0 Å². The van der Waals surface area contributed by atoms with Gasteiger partial charge >= 0.3 is 0 Å². The van der Waals surface area contributed by atoms with E-state index in [0.717, 1.165) is 24.9 Å². The second kappa shape index (κ2) is 8.51. The number of nitrogens with one attached hydrogen (secondary N) is 1. The maximum absolute atomic E-state index is 12.0. The third-order valence-corrected chi connectivity index (χ3v) is 4.49. The van der Waals surface area contributed by atoms with E-state index in [4.69, 9.17) is 9.47 Å². The van der Waals surface area contributed by atoms with Crippen LogP contribution >= 0.6 is 0 Å². The topological polar surface area (TPSA) is 91.2 Å². The molecular formula is C20H21N5O3. The van der Waals surface area contributed by atoms with E-state index in [1.165, 1.54) is 0 Å². The van der Waals surface area contributed by atoms with Gasteiger partial charge in [0, 0.05) is 6.54 Å². The van der Waals surface area contributed by atoms with E-state index in [-0.39, 0.29) is 12.5 Å². The van der Waals surface area contributed by atoms with Crippen molar-refractivity contribution >= 4 is 5.91 Å². The minimum atomic E-state index is -0.440. The Hall–Kier alpha value is -3.42. The van der Waals surface area contributed by atoms with Gasteiger partial charge in [0.05, 0.1) is 5.69 Å². The van der Waals surface area contributed by atoms with Crippen molar-refractivity contribution in [3.8, 4) is 17.2 Å². The van der Waals surface area contributed by atoms with Crippen LogP contribution in [0.25, 0.3) is 5.69 Å². The second-order valence-electron chi connectivity index (χ2n) is 6.50. The summed E-state index contributed by atoms with van der Waals surface area (Å²) in [7, 11) is 0. The molecule has 1 aromatic heterocycles. The van der Waals surface area contributed by atoms with Gasteiger partial charge in [-0.2, -0.15) is 4.68 Å². The fourth-order valence-corrected chi connectivity index (χ4v) is 3.02. The molecule has 1 unspecified atom stereocenters. The molecule has 8 nitrogen and oxygen atoms in total. The number of rotatable bonds is 6. The molecule has 1 aliphatic rings. The number of ether oxygens (including phenoxy) is 2. The molecule has 0 spiro atoms. The predicted molar refractivity (Wildman–Crippen MR) is 101 cm³/mol. The van der Waals surface area contributed by atoms with Crippen LogP contribution in [0.4, 0.5) is 0 Å². The molecule has 1 aliphatic heterocycles. The molecule has 3 aromatic rings. The average Bonchev–Trinajstić information content (AvgIpc) is 3.12. The lowest BCUT2D eigenvalue weighted by Crippen LogP contribution is -2.36. The van der Waals surface area contributed by atoms with E-state index in [1.54, 1.807) is 28.9 Å². The van der Waals surface area contributed by atoms with Crippen molar-refractivity contribution < 1.29 is 14.3 Å². The first-order chi connectivity index (χ1) is 13.8. The summed E-state index contributed by atoms with van der Waals surface area (Å²) in [5.41, 5.74) is 0.872. The van der Waals surface area contributed by atoms with E-state index >= 15 is 0 Å². The normalized spacial score (nSPS) is 16.9. The van der Waals surface area contributed by atoms with Gasteiger partial charge in [0.1, 0.15) is 18.1 Å². The van der Waals surface area contributed by atoms with Gasteiger partial charge < -0.3 is 14.8 Å². The first-order valence-electron chi connectivity index (χ1n) is 9.29. The number of hydrogen-bond acceptors (Lipinski definition) is 6. The highest BCUT2D eigenvalue weighted by atomic mass is 16.5. The molecule has 1 N–H and O–H groups in total. The summed E-state index contributed by atoms with van der Waals surface area (Å²) in [5, 5.41) is 14.6. The van der Waals surface area contributed by atoms with Gasteiger partial charge in [-0.15, -0.1) is 5.10 Å². The highest BCUT2D eigenvalue weighted by molar-refractivity contribution is 5.81. The number of para-hydroxylation sites is 1. The highest BCUT2D eigenvalue weighted by Crippen LogP contribution is 2.21. The Balaban J connectivity index is 1.37. The number of aromatic nitrogens is 4. The fraction of sp³-hybridized carbons (Fsp3) is 0.300. The number of amides is 1. The monoisotopic (exact) mass is 379 g/mol. The van der Waals surface area contributed by atoms with E-state index < -0.39 is 6.10 Å². The molecule has 8 heteroatoms. The summed E-state index contributed by atoms with van der Waals surface area (Å²) >= 11 is 0. The molecule has 4 rings (SSSR count). The standard InChI is InChI=1S/C20H21N5O3/c26-20-18(8-4-5-13-21-20)28-17-11-9-16(10-12-17)27-14-19-22-23-24-25(19)15-6-2-1-3-7-15/h1-3,6-7,9-12,18H,4-5,8,13-14H2,(H,21,26). The summed E-state index contributed by atoms with van der Waals surface area (Å²) in [4.78, 5) is 12.0. The summed E-state index contributed by atoms with van der Waals surface area (Å²) in [6.45, 7) is 0.945. The average molecular weight is 379 g/mol. The Labute approximate surface area is 162 Å². The van der Waals surface area contributed by atoms with Gasteiger partial charge in [0.15, 0.2) is 11.9 Å². The molecule has 0 radical (unpaired) electrons. The van der Waals surface area contributed by atoms with Gasteiger partial charge in [0.25, 0.3) is 5.91 Å². The maximum Gasteiger partial charge on any atom is 0.261 e. The molecule has 1 saturated heterocycles. The number of nitrogens with zero attached hydrogens (tertiary/aromatic N) is 4. The molecular weight excluding hydrogens is 358 g/mol. The van der Waals surface area contributed by atoms with Crippen LogP contribution in [-0.2, 0) is 11.4 Å². The number of benzene rings is 2. The highest BCUT2D eigenvalue weighted by Gasteiger charge is 2.22. The molecule has 0 aliphatic carbocycles. The van der Waals surface area contributed by atoms with E-state index in [1.807, 2.05) is 30.3 Å². The lowest BCUT2D eigenvalue weighted by atomic mass is 10.2. The minimum Gasteiger partial charge on any atom is -0.486 e. The van der Waals surface area contributed by atoms with Crippen LogP contribution in [0.3, 0.4) is 0 Å². The zero-order valence-electron chi connectivity index (χ0n) is 15.3. The molecule has 28 heavy (non-hydrogen) atoms. The summed E-state index contributed by atoms with van der Waals surface area (Å²) in [5.74, 6) is 1.86. The van der Waals surface area contributed by atoms with Crippen molar-refractivity contribution in [2.45, 2.75) is 32.0 Å². The Morgan fingerprint density at radius 2 is 1.82 bits per heavy atom. The number of tetrazole rings is 1. The lowest BCUT2D eigenvalue weighted by Gasteiger charge is -2.16. The lowest BCUT2D eigenvalue weighted by molar-refractivity contribution is -0.127. The molecule has 0 bridgehead atoms. The number of carbonyl (C=O) groups excluding carboxylic acids is 1. The van der Waals surface area contributed by atoms with E-state index in [0.29, 0.717) is 23.9 Å². The van der Waals surface area contributed by atoms with Crippen LogP contribution < -0.4 is 14.8 Å². The zero-order chi connectivity index (χ0) is 19.2. The first-order valence-corrected chi connectivity index (χ1v) is 9.29. The Morgan fingerprint density at radius 1 is 1.04 bits per heavy atom. The van der Waals surface area contributed by atoms with Crippen molar-refractivity contribution in [2.75, 3.05) is 6.54 Å². The maximum atomic E-state index is 12.0. The Morgan fingerprint density at radius 3 is 2.64 bits per heavy atom. The van der Waals surface area contributed by atoms with Crippen molar-refractivity contribution in [3.05, 3.63) is 60.4 Å². The van der Waals surface area contributed by atoms with E-state index in [9.17, 15) is 4.79 Å². The first kappa shape index (κ1) is 18.0. The van der Waals surface area contributed by atoms with Gasteiger partial charge in [-0.05, 0) is 66.1 Å². The van der Waals surface area contributed by atoms with Crippen molar-refractivity contribution in [1.82, 2.24) is 25.5 Å². The fourth-order valence-electron chi connectivity index (χ4n) is 3.02. The SMILES string of the molecule is O=C1NCCCCC1Oc1ccc(OCc2nnnn2-c2ccccc2)cc1. The van der Waals surface area contributed by atoms with E-state index in [2.05, 4.69) is 20.8 Å². The number of carbonyl (C=O) groups is 1. The summed E-state index contributed by atoms with van der Waals surface area (Å²) in [6.07, 6.45) is 2.25. The van der Waals surface area contributed by atoms with Gasteiger partial charge in [-0.25, -0.2) is 0 Å². The van der Waals surface area contributed by atoms with Gasteiger partial charge in [-0.3, -0.25) is 4.79 Å². The molecule has 1 amide bonds. The zero-order valence-corrected chi connectivity index (χ0v) is 15.3. The van der Waals surface area contributed by atoms with Crippen LogP contribution in [0.15, 0.2) is 54.6 Å². The van der Waals surface area contributed by atoms with Crippen LogP contribution in [0.5, 0.6) is 11.5 Å². The van der Waals surface area contributed by atoms with Crippen LogP contribution in [0.1, 0.15) is 25.1 Å². The molecule has 1 fully saturated rings. The number of hydrogen-bond donors (Lipinski definition) is 1. The third kappa shape index (κ3) is 4.28. The predicted octanol–water partition coefficient (Wildman–Crippen LogP) is 2.29. The summed E-state index contributed by atoms with van der Waals surface area (Å²) in [6, 6.07) is 16.9. The second-order valence-corrected chi connectivity index (χ2v) is 6.50. The van der Waals surface area contributed by atoms with Crippen LogP contribution in [-0.4, -0.2) is 38.8 Å². The van der Waals surface area contributed by atoms with Crippen LogP contribution in [0, 0.1) is 0 Å². The molecule has 144 valence electrons. The Kier molecular flexibility index (Phi) is 5.46. The molecule has 1 atom stereocenters. The minimum absolute atomic E-state index is 0.0504.